The second-order valence-corrected chi connectivity index (χ2v) is 5.58. The van der Waals surface area contributed by atoms with Crippen molar-refractivity contribution in [2.75, 3.05) is 10.6 Å². The number of carbonyl (C=O) groups excluding carboxylic acids is 3. The predicted octanol–water partition coefficient (Wildman–Crippen LogP) is 1.90. The van der Waals surface area contributed by atoms with E-state index in [4.69, 9.17) is 11.5 Å². The molecule has 4 amide bonds. The van der Waals surface area contributed by atoms with Gasteiger partial charge < -0.3 is 16.8 Å². The largest absolute Gasteiger partial charge is 0.366 e. The monoisotopic (exact) mass is 318 g/mol. The van der Waals surface area contributed by atoms with Gasteiger partial charge >= 0.3 is 6.03 Å². The number of benzene rings is 1. The molecule has 0 saturated heterocycles. The fourth-order valence-electron chi connectivity index (χ4n) is 1.73. The van der Waals surface area contributed by atoms with E-state index in [1.807, 2.05) is 19.1 Å². The first-order valence-corrected chi connectivity index (χ1v) is 7.06. The predicted molar refractivity (Wildman–Crippen MR) is 85.2 cm³/mol. The highest BCUT2D eigenvalue weighted by Crippen LogP contribution is 2.32. The Morgan fingerprint density at radius 1 is 1.05 bits per heavy atom. The third kappa shape index (κ3) is 3.61. The maximum atomic E-state index is 12.1. The van der Waals surface area contributed by atoms with Gasteiger partial charge in [0.05, 0.1) is 10.6 Å². The van der Waals surface area contributed by atoms with Crippen molar-refractivity contribution in [1.29, 1.82) is 0 Å². The lowest BCUT2D eigenvalue weighted by Crippen LogP contribution is -2.21. The number of carbonyl (C=O) groups is 3. The molecule has 114 valence electrons. The van der Waals surface area contributed by atoms with Gasteiger partial charge in [-0.1, -0.05) is 29.0 Å². The van der Waals surface area contributed by atoms with Crippen molar-refractivity contribution in [1.82, 2.24) is 0 Å². The zero-order valence-electron chi connectivity index (χ0n) is 11.7. The number of nitrogens with two attached hydrogens (primary N) is 2. The molecule has 0 aliphatic rings. The number of anilines is 2. The number of aryl methyl sites for hydroxylation is 1. The van der Waals surface area contributed by atoms with E-state index in [2.05, 4.69) is 10.6 Å². The smallest absolute Gasteiger partial charge is 0.317 e. The third-order valence-corrected chi connectivity index (χ3v) is 3.75. The summed E-state index contributed by atoms with van der Waals surface area (Å²) in [4.78, 5) is 34.3. The number of urea groups is 1. The summed E-state index contributed by atoms with van der Waals surface area (Å²) in [5.41, 5.74) is 11.9. The molecule has 0 spiro atoms. The van der Waals surface area contributed by atoms with Crippen LogP contribution in [0, 0.1) is 6.92 Å². The van der Waals surface area contributed by atoms with Gasteiger partial charge in [-0.25, -0.2) is 4.79 Å². The van der Waals surface area contributed by atoms with Crippen LogP contribution >= 0.6 is 11.3 Å². The summed E-state index contributed by atoms with van der Waals surface area (Å²) >= 11 is 0.998. The molecule has 2 rings (SSSR count). The number of primary amides is 2. The van der Waals surface area contributed by atoms with Crippen molar-refractivity contribution in [2.24, 2.45) is 11.5 Å². The maximum absolute atomic E-state index is 12.1. The van der Waals surface area contributed by atoms with E-state index in [9.17, 15) is 14.4 Å². The minimum absolute atomic E-state index is 0.0861. The number of rotatable bonds is 4. The molecule has 1 heterocycles. The lowest BCUT2D eigenvalue weighted by atomic mass is 10.1. The van der Waals surface area contributed by atoms with Gasteiger partial charge in [-0.3, -0.25) is 14.9 Å². The van der Waals surface area contributed by atoms with Gasteiger partial charge in [-0.05, 0) is 25.1 Å². The van der Waals surface area contributed by atoms with Crippen LogP contribution < -0.4 is 22.1 Å². The molecule has 0 atom stereocenters. The number of thiophene rings is 1. The highest BCUT2D eigenvalue weighted by atomic mass is 32.1. The van der Waals surface area contributed by atoms with E-state index in [-0.39, 0.29) is 16.5 Å². The molecule has 0 radical (unpaired) electrons. The van der Waals surface area contributed by atoms with Crippen LogP contribution in [-0.4, -0.2) is 17.8 Å². The fourth-order valence-corrected chi connectivity index (χ4v) is 2.69. The number of hydrogen-bond acceptors (Lipinski definition) is 4. The van der Waals surface area contributed by atoms with Gasteiger partial charge in [0, 0.05) is 5.56 Å². The van der Waals surface area contributed by atoms with E-state index in [0.29, 0.717) is 10.6 Å². The average molecular weight is 318 g/mol. The minimum atomic E-state index is -0.819. The first-order chi connectivity index (χ1) is 10.4. The molecule has 1 aromatic carbocycles. The van der Waals surface area contributed by atoms with Crippen molar-refractivity contribution in [3.63, 3.8) is 0 Å². The van der Waals surface area contributed by atoms with E-state index >= 15 is 0 Å². The summed E-state index contributed by atoms with van der Waals surface area (Å²) in [5.74, 6) is -1.06. The van der Waals surface area contributed by atoms with Crippen LogP contribution in [0.15, 0.2) is 30.3 Å². The molecule has 0 aliphatic carbocycles. The van der Waals surface area contributed by atoms with Crippen LogP contribution in [0.25, 0.3) is 0 Å². The zero-order chi connectivity index (χ0) is 16.3. The first-order valence-electron chi connectivity index (χ1n) is 6.25. The molecular formula is C14H14N4O3S. The van der Waals surface area contributed by atoms with E-state index in [1.165, 1.54) is 6.07 Å². The maximum Gasteiger partial charge on any atom is 0.317 e. The second-order valence-electron chi connectivity index (χ2n) is 4.53. The Bertz CT molecular complexity index is 737. The van der Waals surface area contributed by atoms with Crippen molar-refractivity contribution in [3.8, 4) is 0 Å². The van der Waals surface area contributed by atoms with Gasteiger partial charge in [0.2, 0.25) is 0 Å². The van der Waals surface area contributed by atoms with Crippen molar-refractivity contribution in [2.45, 2.75) is 6.92 Å². The van der Waals surface area contributed by atoms with E-state index in [0.717, 1.165) is 16.9 Å². The summed E-state index contributed by atoms with van der Waals surface area (Å²) < 4.78 is 0. The van der Waals surface area contributed by atoms with E-state index in [1.54, 1.807) is 12.1 Å². The standard InChI is InChI=1S/C14H14N4O3S/c1-7-2-4-8(5-3-7)12(20)17-10-6-9(11(15)19)13(22-10)18-14(16)21/h2-6H,1H3,(H2,15,19)(H,17,20)(H3,16,18,21). The molecule has 6 N–H and O–H groups in total. The topological polar surface area (TPSA) is 127 Å². The van der Waals surface area contributed by atoms with Gasteiger partial charge in [0.25, 0.3) is 11.8 Å². The Morgan fingerprint density at radius 3 is 2.23 bits per heavy atom. The molecule has 22 heavy (non-hydrogen) atoms. The van der Waals surface area contributed by atoms with Crippen LogP contribution in [0.3, 0.4) is 0 Å². The molecule has 2 aromatic rings. The molecule has 1 aromatic heterocycles. The lowest BCUT2D eigenvalue weighted by Gasteiger charge is -2.02. The molecule has 7 nitrogen and oxygen atoms in total. The highest BCUT2D eigenvalue weighted by Gasteiger charge is 2.16. The summed E-state index contributed by atoms with van der Waals surface area (Å²) in [6.45, 7) is 1.92. The zero-order valence-corrected chi connectivity index (χ0v) is 12.5. The molecule has 8 heteroatoms. The number of hydrogen-bond donors (Lipinski definition) is 4. The summed E-state index contributed by atoms with van der Waals surface area (Å²) in [6.07, 6.45) is 0. The Kier molecular flexibility index (Phi) is 4.42. The van der Waals surface area contributed by atoms with Gasteiger partial charge in [-0.2, -0.15) is 0 Å². The van der Waals surface area contributed by atoms with Gasteiger partial charge in [-0.15, -0.1) is 0 Å². The molecule has 0 bridgehead atoms. The molecule has 0 aliphatic heterocycles. The Hall–Kier alpha value is -2.87. The highest BCUT2D eigenvalue weighted by molar-refractivity contribution is 7.20. The molecular weight excluding hydrogens is 304 g/mol. The van der Waals surface area contributed by atoms with Crippen LogP contribution in [-0.2, 0) is 0 Å². The average Bonchev–Trinajstić information content (AvgIpc) is 2.81. The normalized spacial score (nSPS) is 10.0. The van der Waals surface area contributed by atoms with Gasteiger partial charge in [0.15, 0.2) is 0 Å². The van der Waals surface area contributed by atoms with E-state index < -0.39 is 11.9 Å². The van der Waals surface area contributed by atoms with Crippen LogP contribution in [0.4, 0.5) is 14.8 Å². The van der Waals surface area contributed by atoms with Crippen LogP contribution in [0.2, 0.25) is 0 Å². The van der Waals surface area contributed by atoms with Crippen LogP contribution in [0.1, 0.15) is 26.3 Å². The number of amides is 4. The molecule has 0 saturated carbocycles. The van der Waals surface area contributed by atoms with Gasteiger partial charge in [0.1, 0.15) is 5.00 Å². The quantitative estimate of drug-likeness (QED) is 0.687. The molecule has 0 fully saturated rings. The second kappa shape index (κ2) is 6.27. The summed E-state index contributed by atoms with van der Waals surface area (Å²) in [6, 6.07) is 7.59. The molecule has 0 unspecified atom stereocenters. The SMILES string of the molecule is Cc1ccc(C(=O)Nc2cc(C(N)=O)c(NC(N)=O)s2)cc1. The fraction of sp³-hybridized carbons (Fsp3) is 0.0714. The first kappa shape index (κ1) is 15.5. The lowest BCUT2D eigenvalue weighted by molar-refractivity contribution is 0.0997. The third-order valence-electron chi connectivity index (χ3n) is 2.78. The Morgan fingerprint density at radius 2 is 1.68 bits per heavy atom. The van der Waals surface area contributed by atoms with Crippen molar-refractivity contribution < 1.29 is 14.4 Å². The Balaban J connectivity index is 2.22. The summed E-state index contributed by atoms with van der Waals surface area (Å²) in [7, 11) is 0. The van der Waals surface area contributed by atoms with Crippen LogP contribution in [0.5, 0.6) is 0 Å². The van der Waals surface area contributed by atoms with Crippen molar-refractivity contribution >= 4 is 39.2 Å². The number of nitrogens with one attached hydrogen (secondary N) is 2. The summed E-state index contributed by atoms with van der Waals surface area (Å²) in [5, 5.41) is 5.52. The minimum Gasteiger partial charge on any atom is -0.366 e. The van der Waals surface area contributed by atoms with Crippen molar-refractivity contribution in [3.05, 3.63) is 47.0 Å². The Labute approximate surface area is 130 Å².